The van der Waals surface area contributed by atoms with Crippen molar-refractivity contribution in [3.8, 4) is 11.1 Å². The van der Waals surface area contributed by atoms with Crippen LogP contribution in [-0.2, 0) is 4.79 Å². The molecule has 1 heterocycles. The fraction of sp³-hybridized carbons (Fsp3) is 0.0588. The summed E-state index contributed by atoms with van der Waals surface area (Å²) in [5.41, 5.74) is 2.57. The van der Waals surface area contributed by atoms with Gasteiger partial charge in [0.2, 0.25) is 5.91 Å². The number of amidine groups is 1. The van der Waals surface area contributed by atoms with E-state index >= 15 is 0 Å². The summed E-state index contributed by atoms with van der Waals surface area (Å²) in [6.07, 6.45) is 1.57. The Balaban J connectivity index is 1.77. The number of aromatic carboxylic acids is 1. The summed E-state index contributed by atoms with van der Waals surface area (Å²) < 4.78 is 0. The Bertz CT molecular complexity index is 844. The third-order valence-corrected chi connectivity index (χ3v) is 4.18. The molecule has 0 aliphatic carbocycles. The number of carbonyl (C=O) groups excluding carboxylic acids is 1. The highest BCUT2D eigenvalue weighted by atomic mass is 32.2. The number of carbonyl (C=O) groups is 2. The first kappa shape index (κ1) is 15.9. The zero-order valence-electron chi connectivity index (χ0n) is 12.5. The van der Waals surface area contributed by atoms with Gasteiger partial charge in [0.25, 0.3) is 0 Å². The molecule has 1 aliphatic heterocycles. The Morgan fingerprint density at radius 2 is 1.92 bits per heavy atom. The first-order valence-corrected chi connectivity index (χ1v) is 8.08. The molecule has 0 unspecified atom stereocenters. The van der Waals surface area contributed by atoms with Gasteiger partial charge in [-0.3, -0.25) is 4.79 Å². The molecule has 0 spiro atoms. The number of carboxylic acids is 1. The highest BCUT2D eigenvalue weighted by Gasteiger charge is 2.15. The molecule has 7 heteroatoms. The van der Waals surface area contributed by atoms with Crippen LogP contribution >= 0.6 is 11.8 Å². The van der Waals surface area contributed by atoms with Crippen LogP contribution in [-0.4, -0.2) is 34.1 Å². The van der Waals surface area contributed by atoms with Gasteiger partial charge in [0, 0.05) is 0 Å². The predicted molar refractivity (Wildman–Crippen MR) is 94.5 cm³/mol. The monoisotopic (exact) mass is 339 g/mol. The summed E-state index contributed by atoms with van der Waals surface area (Å²) >= 11 is 1.31. The van der Waals surface area contributed by atoms with E-state index in [1.807, 2.05) is 24.3 Å². The molecule has 2 N–H and O–H groups in total. The number of thioether (sulfide) groups is 1. The van der Waals surface area contributed by atoms with E-state index in [0.29, 0.717) is 16.5 Å². The molecule has 0 aromatic heterocycles. The number of hydrogen-bond acceptors (Lipinski definition) is 5. The second-order valence-corrected chi connectivity index (χ2v) is 5.92. The van der Waals surface area contributed by atoms with E-state index in [4.69, 9.17) is 0 Å². The highest BCUT2D eigenvalue weighted by Crippen LogP contribution is 2.23. The summed E-state index contributed by atoms with van der Waals surface area (Å²) in [5, 5.41) is 20.2. The van der Waals surface area contributed by atoms with Gasteiger partial charge >= 0.3 is 5.97 Å². The first-order chi connectivity index (χ1) is 11.6. The van der Waals surface area contributed by atoms with Gasteiger partial charge in [0.15, 0.2) is 5.17 Å². The van der Waals surface area contributed by atoms with E-state index in [2.05, 4.69) is 15.5 Å². The lowest BCUT2D eigenvalue weighted by Gasteiger charge is -2.06. The van der Waals surface area contributed by atoms with Crippen molar-refractivity contribution in [2.24, 2.45) is 10.2 Å². The fourth-order valence-electron chi connectivity index (χ4n) is 2.20. The van der Waals surface area contributed by atoms with Crippen molar-refractivity contribution in [3.05, 3.63) is 59.7 Å². The van der Waals surface area contributed by atoms with E-state index in [0.717, 1.165) is 11.1 Å². The van der Waals surface area contributed by atoms with Crippen molar-refractivity contribution < 1.29 is 14.7 Å². The number of carboxylic acid groups (broad SMARTS) is 1. The van der Waals surface area contributed by atoms with Gasteiger partial charge in [-0.05, 0) is 22.8 Å². The van der Waals surface area contributed by atoms with Gasteiger partial charge in [-0.15, -0.1) is 5.10 Å². The second kappa shape index (κ2) is 7.10. The minimum absolute atomic E-state index is 0.0737. The summed E-state index contributed by atoms with van der Waals surface area (Å²) in [6, 6.07) is 14.2. The van der Waals surface area contributed by atoms with Crippen molar-refractivity contribution in [2.75, 3.05) is 5.75 Å². The third-order valence-electron chi connectivity index (χ3n) is 3.32. The molecule has 0 atom stereocenters. The molecule has 120 valence electrons. The van der Waals surface area contributed by atoms with Crippen molar-refractivity contribution in [1.29, 1.82) is 0 Å². The molecule has 24 heavy (non-hydrogen) atoms. The zero-order chi connectivity index (χ0) is 16.9. The minimum Gasteiger partial charge on any atom is -0.478 e. The summed E-state index contributed by atoms with van der Waals surface area (Å²) in [5.74, 6) is -0.662. The normalized spacial score (nSPS) is 15.8. The second-order valence-electron chi connectivity index (χ2n) is 4.96. The first-order valence-electron chi connectivity index (χ1n) is 7.10. The molecule has 6 nitrogen and oxygen atoms in total. The van der Waals surface area contributed by atoms with Crippen LogP contribution in [0.3, 0.4) is 0 Å². The van der Waals surface area contributed by atoms with Gasteiger partial charge in [-0.25, -0.2) is 4.79 Å². The van der Waals surface area contributed by atoms with E-state index < -0.39 is 5.97 Å². The molecule has 0 radical (unpaired) electrons. The smallest absolute Gasteiger partial charge is 0.336 e. The maximum atomic E-state index is 11.3. The predicted octanol–water partition coefficient (Wildman–Crippen LogP) is 2.60. The van der Waals surface area contributed by atoms with E-state index in [1.54, 1.807) is 30.5 Å². The average molecular weight is 339 g/mol. The molecule has 1 fully saturated rings. The van der Waals surface area contributed by atoms with Gasteiger partial charge in [0.05, 0.1) is 17.5 Å². The minimum atomic E-state index is -0.955. The molecular weight excluding hydrogens is 326 g/mol. The topological polar surface area (TPSA) is 91.1 Å². The summed E-state index contributed by atoms with van der Waals surface area (Å²) in [4.78, 5) is 22.3. The van der Waals surface area contributed by atoms with Crippen LogP contribution in [0.25, 0.3) is 11.1 Å². The molecule has 1 saturated heterocycles. The van der Waals surface area contributed by atoms with E-state index in [9.17, 15) is 14.7 Å². The molecule has 2 aromatic carbocycles. The van der Waals surface area contributed by atoms with Crippen LogP contribution in [0.2, 0.25) is 0 Å². The maximum Gasteiger partial charge on any atom is 0.336 e. The Morgan fingerprint density at radius 1 is 1.17 bits per heavy atom. The molecule has 1 aliphatic rings. The molecule has 0 bridgehead atoms. The SMILES string of the molecule is O=C1CSC(=NN=Cc2ccc(-c3ccccc3C(=O)O)cc2)N1. The van der Waals surface area contributed by atoms with Crippen molar-refractivity contribution >= 4 is 35.0 Å². The van der Waals surface area contributed by atoms with Gasteiger partial charge in [0.1, 0.15) is 0 Å². The van der Waals surface area contributed by atoms with Crippen LogP contribution in [0.1, 0.15) is 15.9 Å². The average Bonchev–Trinajstić information content (AvgIpc) is 3.01. The summed E-state index contributed by atoms with van der Waals surface area (Å²) in [6.45, 7) is 0. The number of rotatable bonds is 4. The lowest BCUT2D eigenvalue weighted by atomic mass is 9.99. The van der Waals surface area contributed by atoms with Crippen LogP contribution in [0.15, 0.2) is 58.7 Å². The fourth-order valence-corrected chi connectivity index (χ4v) is 2.83. The van der Waals surface area contributed by atoms with Crippen LogP contribution < -0.4 is 5.32 Å². The van der Waals surface area contributed by atoms with Crippen LogP contribution in [0.5, 0.6) is 0 Å². The molecule has 2 aromatic rings. The number of benzene rings is 2. The largest absolute Gasteiger partial charge is 0.478 e. The Hall–Kier alpha value is -2.93. The molecular formula is C17H13N3O3S. The van der Waals surface area contributed by atoms with Gasteiger partial charge in [-0.1, -0.05) is 54.2 Å². The van der Waals surface area contributed by atoms with Crippen molar-refractivity contribution in [3.63, 3.8) is 0 Å². The van der Waals surface area contributed by atoms with Gasteiger partial charge < -0.3 is 10.4 Å². The number of amides is 1. The molecule has 3 rings (SSSR count). The maximum absolute atomic E-state index is 11.3. The lowest BCUT2D eigenvalue weighted by Crippen LogP contribution is -2.19. The lowest BCUT2D eigenvalue weighted by molar-refractivity contribution is -0.116. The quantitative estimate of drug-likeness (QED) is 0.662. The number of nitrogens with one attached hydrogen (secondary N) is 1. The van der Waals surface area contributed by atoms with Crippen molar-refractivity contribution in [1.82, 2.24) is 5.32 Å². The molecule has 0 saturated carbocycles. The molecule has 1 amide bonds. The van der Waals surface area contributed by atoms with Crippen LogP contribution in [0, 0.1) is 0 Å². The Labute approximate surface area is 142 Å². The highest BCUT2D eigenvalue weighted by molar-refractivity contribution is 8.15. The Morgan fingerprint density at radius 3 is 2.58 bits per heavy atom. The van der Waals surface area contributed by atoms with E-state index in [-0.39, 0.29) is 11.5 Å². The van der Waals surface area contributed by atoms with Gasteiger partial charge in [-0.2, -0.15) is 5.10 Å². The number of hydrogen-bond donors (Lipinski definition) is 2. The summed E-state index contributed by atoms with van der Waals surface area (Å²) in [7, 11) is 0. The number of nitrogens with zero attached hydrogens (tertiary/aromatic N) is 2. The zero-order valence-corrected chi connectivity index (χ0v) is 13.3. The Kier molecular flexibility index (Phi) is 4.72. The standard InChI is InChI=1S/C17H13N3O3S/c21-15-10-24-17(19-15)20-18-9-11-5-7-12(8-6-11)13-3-1-2-4-14(13)16(22)23/h1-9H,10H2,(H,22,23)(H,19,20,21). The van der Waals surface area contributed by atoms with Crippen LogP contribution in [0.4, 0.5) is 0 Å². The third kappa shape index (κ3) is 3.69. The van der Waals surface area contributed by atoms with E-state index in [1.165, 1.54) is 11.8 Å². The van der Waals surface area contributed by atoms with Crippen molar-refractivity contribution in [2.45, 2.75) is 0 Å².